The predicted molar refractivity (Wildman–Crippen MR) is 54.5 cm³/mol. The first-order valence-electron chi connectivity index (χ1n) is 5.04. The van der Waals surface area contributed by atoms with E-state index in [0.29, 0.717) is 6.54 Å². The second-order valence-corrected chi connectivity index (χ2v) is 3.84. The number of carbonyl (C=O) groups excluding carboxylic acids is 1. The molecule has 1 amide bonds. The molecule has 1 aliphatic heterocycles. The summed E-state index contributed by atoms with van der Waals surface area (Å²) in [6.07, 6.45) is 0.231. The van der Waals surface area contributed by atoms with Crippen LogP contribution in [0, 0.1) is 13.8 Å². The SMILES string of the molecule is Cc1cc(C)n(CC(=O)NC[C@H]2CO2)n1. The fourth-order valence-electron chi connectivity index (χ4n) is 1.44. The number of hydrogen-bond acceptors (Lipinski definition) is 3. The van der Waals surface area contributed by atoms with Crippen molar-refractivity contribution in [2.45, 2.75) is 26.5 Å². The highest BCUT2D eigenvalue weighted by Gasteiger charge is 2.22. The summed E-state index contributed by atoms with van der Waals surface area (Å²) < 4.78 is 6.71. The first-order valence-corrected chi connectivity index (χ1v) is 5.04. The zero-order chi connectivity index (χ0) is 10.8. The molecule has 1 aliphatic rings. The minimum atomic E-state index is -0.0169. The number of nitrogens with zero attached hydrogens (tertiary/aromatic N) is 2. The lowest BCUT2D eigenvalue weighted by Crippen LogP contribution is -2.31. The van der Waals surface area contributed by atoms with Crippen molar-refractivity contribution in [3.8, 4) is 0 Å². The van der Waals surface area contributed by atoms with Gasteiger partial charge in [-0.1, -0.05) is 0 Å². The van der Waals surface area contributed by atoms with Gasteiger partial charge in [0.2, 0.25) is 5.91 Å². The number of aromatic nitrogens is 2. The van der Waals surface area contributed by atoms with Gasteiger partial charge in [0.15, 0.2) is 0 Å². The number of ether oxygens (including phenoxy) is 1. The van der Waals surface area contributed by atoms with Crippen LogP contribution in [0.4, 0.5) is 0 Å². The van der Waals surface area contributed by atoms with Crippen LogP contribution >= 0.6 is 0 Å². The van der Waals surface area contributed by atoms with Crippen LogP contribution in [0.15, 0.2) is 6.07 Å². The van der Waals surface area contributed by atoms with Crippen LogP contribution < -0.4 is 5.32 Å². The van der Waals surface area contributed by atoms with Gasteiger partial charge in [-0.05, 0) is 19.9 Å². The molecule has 1 saturated heterocycles. The molecule has 2 rings (SSSR count). The van der Waals surface area contributed by atoms with Crippen molar-refractivity contribution < 1.29 is 9.53 Å². The number of aryl methyl sites for hydroxylation is 2. The van der Waals surface area contributed by atoms with Crippen molar-refractivity contribution >= 4 is 5.91 Å². The summed E-state index contributed by atoms with van der Waals surface area (Å²) in [5.74, 6) is -0.0169. The van der Waals surface area contributed by atoms with Gasteiger partial charge in [0.25, 0.3) is 0 Å². The Morgan fingerprint density at radius 2 is 2.47 bits per heavy atom. The Kier molecular flexibility index (Phi) is 2.73. The van der Waals surface area contributed by atoms with E-state index >= 15 is 0 Å². The van der Waals surface area contributed by atoms with Crippen molar-refractivity contribution in [2.24, 2.45) is 0 Å². The van der Waals surface area contributed by atoms with Crippen molar-refractivity contribution in [1.29, 1.82) is 0 Å². The average molecular weight is 209 g/mol. The molecule has 1 fully saturated rings. The standard InChI is InChI=1S/C10H15N3O2/c1-7-3-8(2)13(12-7)5-10(14)11-4-9-6-15-9/h3,9H,4-6H2,1-2H3,(H,11,14)/t9-/m0/s1. The molecule has 0 aliphatic carbocycles. The zero-order valence-corrected chi connectivity index (χ0v) is 8.99. The number of carbonyl (C=O) groups is 1. The van der Waals surface area contributed by atoms with Crippen LogP contribution in [0.3, 0.4) is 0 Å². The van der Waals surface area contributed by atoms with Gasteiger partial charge in [0.1, 0.15) is 6.54 Å². The highest BCUT2D eigenvalue weighted by molar-refractivity contribution is 5.75. The summed E-state index contributed by atoms with van der Waals surface area (Å²) >= 11 is 0. The molecule has 82 valence electrons. The first kappa shape index (κ1) is 10.2. The van der Waals surface area contributed by atoms with Crippen LogP contribution in [-0.4, -0.2) is 34.9 Å². The van der Waals surface area contributed by atoms with Gasteiger partial charge in [0, 0.05) is 12.2 Å². The molecule has 1 atom stereocenters. The molecule has 0 radical (unpaired) electrons. The van der Waals surface area contributed by atoms with Crippen LogP contribution in [0.1, 0.15) is 11.4 Å². The Hall–Kier alpha value is -1.36. The van der Waals surface area contributed by atoms with Gasteiger partial charge in [0.05, 0.1) is 18.4 Å². The molecule has 5 nitrogen and oxygen atoms in total. The molecule has 2 heterocycles. The maximum Gasteiger partial charge on any atom is 0.241 e. The molecular weight excluding hydrogens is 194 g/mol. The predicted octanol–water partition coefficient (Wildman–Crippen LogP) is 0.0149. The zero-order valence-electron chi connectivity index (χ0n) is 8.99. The lowest BCUT2D eigenvalue weighted by Gasteiger charge is -2.04. The van der Waals surface area contributed by atoms with Gasteiger partial charge in [-0.3, -0.25) is 9.48 Å². The van der Waals surface area contributed by atoms with Crippen molar-refractivity contribution in [3.63, 3.8) is 0 Å². The van der Waals surface area contributed by atoms with E-state index in [1.807, 2.05) is 19.9 Å². The average Bonchev–Trinajstić information content (AvgIpc) is 2.92. The number of nitrogens with one attached hydrogen (secondary N) is 1. The fraction of sp³-hybridized carbons (Fsp3) is 0.600. The number of hydrogen-bond donors (Lipinski definition) is 1. The van der Waals surface area contributed by atoms with Crippen molar-refractivity contribution in [2.75, 3.05) is 13.2 Å². The summed E-state index contributed by atoms with van der Waals surface area (Å²) in [6.45, 7) is 5.52. The highest BCUT2D eigenvalue weighted by atomic mass is 16.6. The summed E-state index contributed by atoms with van der Waals surface area (Å²) in [5.41, 5.74) is 1.94. The van der Waals surface area contributed by atoms with Crippen LogP contribution in [0.25, 0.3) is 0 Å². The smallest absolute Gasteiger partial charge is 0.241 e. The molecule has 1 aromatic heterocycles. The molecule has 15 heavy (non-hydrogen) atoms. The van der Waals surface area contributed by atoms with E-state index in [1.165, 1.54) is 0 Å². The number of rotatable bonds is 4. The van der Waals surface area contributed by atoms with E-state index < -0.39 is 0 Å². The van der Waals surface area contributed by atoms with Gasteiger partial charge in [-0.2, -0.15) is 5.10 Å². The Bertz CT molecular complexity index is 369. The van der Waals surface area contributed by atoms with Crippen LogP contribution in [0.5, 0.6) is 0 Å². The third-order valence-electron chi connectivity index (χ3n) is 2.33. The van der Waals surface area contributed by atoms with E-state index in [9.17, 15) is 4.79 Å². The third kappa shape index (κ3) is 2.79. The first-order chi connectivity index (χ1) is 7.15. The second kappa shape index (κ2) is 4.02. The van der Waals surface area contributed by atoms with Gasteiger partial charge >= 0.3 is 0 Å². The second-order valence-electron chi connectivity index (χ2n) is 3.84. The minimum Gasteiger partial charge on any atom is -0.371 e. The van der Waals surface area contributed by atoms with E-state index in [-0.39, 0.29) is 18.6 Å². The highest BCUT2D eigenvalue weighted by Crippen LogP contribution is 2.06. The fourth-order valence-corrected chi connectivity index (χ4v) is 1.44. The molecule has 0 unspecified atom stereocenters. The van der Waals surface area contributed by atoms with E-state index in [2.05, 4.69) is 10.4 Å². The summed E-state index contributed by atoms with van der Waals surface area (Å²) in [6, 6.07) is 1.96. The maximum atomic E-state index is 11.5. The summed E-state index contributed by atoms with van der Waals surface area (Å²) in [4.78, 5) is 11.5. The topological polar surface area (TPSA) is 59.5 Å². The van der Waals surface area contributed by atoms with E-state index in [0.717, 1.165) is 18.0 Å². The number of amides is 1. The van der Waals surface area contributed by atoms with Crippen molar-refractivity contribution in [1.82, 2.24) is 15.1 Å². The summed E-state index contributed by atoms with van der Waals surface area (Å²) in [5, 5.41) is 7.02. The van der Waals surface area contributed by atoms with E-state index in [4.69, 9.17) is 4.74 Å². The molecule has 0 bridgehead atoms. The van der Waals surface area contributed by atoms with Crippen molar-refractivity contribution in [3.05, 3.63) is 17.5 Å². The molecule has 5 heteroatoms. The molecule has 0 spiro atoms. The Morgan fingerprint density at radius 3 is 3.00 bits per heavy atom. The lowest BCUT2D eigenvalue weighted by atomic mass is 10.4. The lowest BCUT2D eigenvalue weighted by molar-refractivity contribution is -0.121. The molecular formula is C10H15N3O2. The summed E-state index contributed by atoms with van der Waals surface area (Å²) in [7, 11) is 0. The monoisotopic (exact) mass is 209 g/mol. The minimum absolute atomic E-state index is 0.0169. The van der Waals surface area contributed by atoms with Gasteiger partial charge in [-0.25, -0.2) is 0 Å². The molecule has 0 aromatic carbocycles. The maximum absolute atomic E-state index is 11.5. The van der Waals surface area contributed by atoms with Crippen LogP contribution in [-0.2, 0) is 16.1 Å². The van der Waals surface area contributed by atoms with E-state index in [1.54, 1.807) is 4.68 Å². The Balaban J connectivity index is 1.84. The van der Waals surface area contributed by atoms with Gasteiger partial charge < -0.3 is 10.1 Å². The Morgan fingerprint density at radius 1 is 1.73 bits per heavy atom. The molecule has 0 saturated carbocycles. The third-order valence-corrected chi connectivity index (χ3v) is 2.33. The number of epoxide rings is 1. The quantitative estimate of drug-likeness (QED) is 0.711. The Labute approximate surface area is 88.4 Å². The largest absolute Gasteiger partial charge is 0.371 e. The molecule has 1 N–H and O–H groups in total. The van der Waals surface area contributed by atoms with Gasteiger partial charge in [-0.15, -0.1) is 0 Å². The normalized spacial score (nSPS) is 18.9. The van der Waals surface area contributed by atoms with Crippen LogP contribution in [0.2, 0.25) is 0 Å². The molecule has 1 aromatic rings.